The Balaban J connectivity index is 2.07. The number of carbonyl (C=O) groups is 2. The second-order valence-corrected chi connectivity index (χ2v) is 9.47. The number of thioether (sulfide) groups is 1. The highest BCUT2D eigenvalue weighted by Crippen LogP contribution is 2.24. The number of methoxy groups -OCH3 is 1. The second-order valence-electron chi connectivity index (χ2n) is 6.81. The van der Waals surface area contributed by atoms with E-state index in [-0.39, 0.29) is 18.4 Å². The smallest absolute Gasteiger partial charge is 0.325 e. The van der Waals surface area contributed by atoms with Gasteiger partial charge in [-0.15, -0.1) is 11.8 Å². The number of rotatable bonds is 6. The summed E-state index contributed by atoms with van der Waals surface area (Å²) in [5.74, 6) is -0.703. The van der Waals surface area contributed by atoms with E-state index in [4.69, 9.17) is 4.74 Å². The molecule has 1 aromatic heterocycles. The molecule has 0 saturated carbocycles. The summed E-state index contributed by atoms with van der Waals surface area (Å²) >= 11 is 3.11. The highest BCUT2D eigenvalue weighted by Gasteiger charge is 2.13. The zero-order valence-corrected chi connectivity index (χ0v) is 18.6. The maximum absolute atomic E-state index is 12.9. The van der Waals surface area contributed by atoms with Crippen molar-refractivity contribution in [1.29, 1.82) is 0 Å². The molecule has 1 heterocycles. The minimum atomic E-state index is -0.381. The lowest BCUT2D eigenvalue weighted by atomic mass is 10.2. The van der Waals surface area contributed by atoms with Crippen molar-refractivity contribution in [3.05, 3.63) is 58.4 Å². The number of carbonyl (C=O) groups excluding carboxylic acids is 2. The summed E-state index contributed by atoms with van der Waals surface area (Å²) in [5, 5.41) is 0.426. The summed E-state index contributed by atoms with van der Waals surface area (Å²) in [6, 6.07) is 13.6. The van der Waals surface area contributed by atoms with Crippen LogP contribution in [0.5, 0.6) is 0 Å². The fourth-order valence-corrected chi connectivity index (χ4v) is 4.88. The van der Waals surface area contributed by atoms with E-state index in [1.165, 1.54) is 24.0 Å². The summed E-state index contributed by atoms with van der Waals surface area (Å²) in [6.07, 6.45) is 0.913. The van der Waals surface area contributed by atoms with Gasteiger partial charge in [0.05, 0.1) is 17.3 Å². The van der Waals surface area contributed by atoms with Gasteiger partial charge in [0.2, 0.25) is 0 Å². The van der Waals surface area contributed by atoms with E-state index in [2.05, 4.69) is 31.8 Å². The van der Waals surface area contributed by atoms with E-state index in [0.717, 1.165) is 21.5 Å². The van der Waals surface area contributed by atoms with E-state index in [9.17, 15) is 9.59 Å². The van der Waals surface area contributed by atoms with Gasteiger partial charge >= 0.3 is 5.97 Å². The van der Waals surface area contributed by atoms with Crippen LogP contribution in [0.4, 0.5) is 0 Å². The van der Waals surface area contributed by atoms with Gasteiger partial charge in [-0.1, -0.05) is 44.2 Å². The highest BCUT2D eigenvalue weighted by atomic mass is 32.2. The van der Waals surface area contributed by atoms with Crippen molar-refractivity contribution in [3.8, 4) is 0 Å². The normalized spacial score (nSPS) is 12.0. The molecule has 3 aromatic rings. The second kappa shape index (κ2) is 9.41. The molecule has 0 bridgehead atoms. The number of ether oxygens (including phenoxy) is 1. The molecule has 5 nitrogen and oxygen atoms in total. The van der Waals surface area contributed by atoms with Crippen LogP contribution in [-0.4, -0.2) is 28.8 Å². The molecular formula is C22H24N2O3S2. The Hall–Kier alpha value is -2.38. The first-order valence-corrected chi connectivity index (χ1v) is 11.2. The average Bonchev–Trinajstić information content (AvgIpc) is 3.03. The van der Waals surface area contributed by atoms with E-state index < -0.39 is 0 Å². The molecule has 0 N–H and O–H groups in total. The summed E-state index contributed by atoms with van der Waals surface area (Å²) < 4.78 is 7.57. The largest absolute Gasteiger partial charge is 0.468 e. The first kappa shape index (κ1) is 21.3. The molecule has 0 spiro atoms. The monoisotopic (exact) mass is 428 g/mol. The molecule has 0 saturated heterocycles. The predicted molar refractivity (Wildman–Crippen MR) is 119 cm³/mol. The van der Waals surface area contributed by atoms with Crippen LogP contribution in [0, 0.1) is 0 Å². The molecule has 2 aromatic carbocycles. The Labute approximate surface area is 178 Å². The summed E-state index contributed by atoms with van der Waals surface area (Å²) in [7, 11) is 1.35. The summed E-state index contributed by atoms with van der Waals surface area (Å²) in [5.41, 5.74) is 2.60. The van der Waals surface area contributed by atoms with Crippen LogP contribution >= 0.6 is 23.1 Å². The predicted octanol–water partition coefficient (Wildman–Crippen LogP) is 4.68. The van der Waals surface area contributed by atoms with Gasteiger partial charge in [-0.05, 0) is 42.3 Å². The van der Waals surface area contributed by atoms with Crippen molar-refractivity contribution in [1.82, 2.24) is 4.57 Å². The fraction of sp³-hybridized carbons (Fsp3) is 0.318. The minimum absolute atomic E-state index is 0.0112. The quantitative estimate of drug-likeness (QED) is 0.422. The van der Waals surface area contributed by atoms with Crippen molar-refractivity contribution in [2.75, 3.05) is 7.11 Å². The van der Waals surface area contributed by atoms with E-state index in [1.807, 2.05) is 30.3 Å². The molecule has 3 rings (SSSR count). The van der Waals surface area contributed by atoms with Crippen molar-refractivity contribution in [2.24, 2.45) is 4.99 Å². The number of thiazole rings is 1. The maximum Gasteiger partial charge on any atom is 0.325 e. The lowest BCUT2D eigenvalue weighted by molar-refractivity contribution is -0.141. The Morgan fingerprint density at radius 2 is 2.00 bits per heavy atom. The highest BCUT2D eigenvalue weighted by molar-refractivity contribution is 7.99. The number of amides is 1. The number of fused-ring (bicyclic) bond motifs is 1. The Kier molecular flexibility index (Phi) is 6.92. The van der Waals surface area contributed by atoms with E-state index in [1.54, 1.807) is 22.4 Å². The van der Waals surface area contributed by atoms with Crippen molar-refractivity contribution in [2.45, 2.75) is 43.9 Å². The SMILES string of the molecule is CCc1ccc2c(c1)sc(=NC(=O)c1cccc(SC(C)C)c1)n2CC(=O)OC. The van der Waals surface area contributed by atoms with Gasteiger partial charge in [-0.25, -0.2) is 0 Å². The molecule has 0 aliphatic rings. The molecule has 7 heteroatoms. The topological polar surface area (TPSA) is 60.7 Å². The molecule has 0 fully saturated rings. The van der Waals surface area contributed by atoms with Crippen LogP contribution in [0.25, 0.3) is 10.2 Å². The first-order valence-electron chi connectivity index (χ1n) is 9.46. The molecule has 0 radical (unpaired) electrons. The van der Waals surface area contributed by atoms with Gasteiger partial charge in [0.15, 0.2) is 4.80 Å². The van der Waals surface area contributed by atoms with Crippen LogP contribution in [0.15, 0.2) is 52.4 Å². The van der Waals surface area contributed by atoms with Gasteiger partial charge in [0, 0.05) is 15.7 Å². The fourth-order valence-electron chi connectivity index (χ4n) is 2.90. The van der Waals surface area contributed by atoms with Gasteiger partial charge in [0.25, 0.3) is 5.91 Å². The van der Waals surface area contributed by atoms with Gasteiger partial charge in [-0.2, -0.15) is 4.99 Å². The van der Waals surface area contributed by atoms with E-state index >= 15 is 0 Å². The molecule has 0 aliphatic carbocycles. The summed E-state index contributed by atoms with van der Waals surface area (Å²) in [6.45, 7) is 6.33. The third-order valence-corrected chi connectivity index (χ3v) is 6.36. The lowest BCUT2D eigenvalue weighted by Gasteiger charge is -2.06. The number of benzene rings is 2. The number of aromatic nitrogens is 1. The molecule has 0 aliphatic heterocycles. The number of nitrogens with zero attached hydrogens (tertiary/aromatic N) is 2. The first-order chi connectivity index (χ1) is 13.9. The molecule has 1 amide bonds. The Bertz CT molecular complexity index is 1110. The van der Waals surface area contributed by atoms with Crippen molar-refractivity contribution in [3.63, 3.8) is 0 Å². The minimum Gasteiger partial charge on any atom is -0.468 e. The Morgan fingerprint density at radius 3 is 2.69 bits per heavy atom. The van der Waals surface area contributed by atoms with Crippen LogP contribution in [-0.2, 0) is 22.5 Å². The van der Waals surface area contributed by atoms with Gasteiger partial charge in [-0.3, -0.25) is 9.59 Å². The summed E-state index contributed by atoms with van der Waals surface area (Å²) in [4.78, 5) is 30.7. The number of esters is 1. The van der Waals surface area contributed by atoms with Gasteiger partial charge in [0.1, 0.15) is 6.54 Å². The van der Waals surface area contributed by atoms with Crippen molar-refractivity contribution < 1.29 is 14.3 Å². The average molecular weight is 429 g/mol. The third-order valence-electron chi connectivity index (χ3n) is 4.32. The van der Waals surface area contributed by atoms with Crippen LogP contribution in [0.2, 0.25) is 0 Å². The van der Waals surface area contributed by atoms with E-state index in [0.29, 0.717) is 15.6 Å². The molecular weight excluding hydrogens is 404 g/mol. The standard InChI is InChI=1S/C22H24N2O3S2/c1-5-15-9-10-18-19(11-15)29-22(24(18)13-20(25)27-4)23-21(26)16-7-6-8-17(12-16)28-14(2)3/h6-12,14H,5,13H2,1-4H3. The number of hydrogen-bond donors (Lipinski definition) is 0. The lowest BCUT2D eigenvalue weighted by Crippen LogP contribution is -2.22. The third kappa shape index (κ3) is 5.16. The zero-order chi connectivity index (χ0) is 21.0. The molecule has 152 valence electrons. The zero-order valence-electron chi connectivity index (χ0n) is 17.0. The van der Waals surface area contributed by atoms with Crippen LogP contribution in [0.3, 0.4) is 0 Å². The van der Waals surface area contributed by atoms with Crippen LogP contribution in [0.1, 0.15) is 36.7 Å². The maximum atomic E-state index is 12.9. The van der Waals surface area contributed by atoms with Crippen molar-refractivity contribution >= 4 is 45.2 Å². The molecule has 29 heavy (non-hydrogen) atoms. The van der Waals surface area contributed by atoms with Crippen LogP contribution < -0.4 is 4.80 Å². The molecule has 0 atom stereocenters. The molecule has 0 unspecified atom stereocenters. The Morgan fingerprint density at radius 1 is 1.21 bits per heavy atom. The number of hydrogen-bond acceptors (Lipinski definition) is 5. The van der Waals surface area contributed by atoms with Gasteiger partial charge < -0.3 is 9.30 Å². The number of aryl methyl sites for hydroxylation is 1.